The Morgan fingerprint density at radius 2 is 1.89 bits per heavy atom. The van der Waals surface area contributed by atoms with E-state index in [9.17, 15) is 18.0 Å². The second-order valence-corrected chi connectivity index (χ2v) is 4.46. The molecule has 0 bridgehead atoms. The van der Waals surface area contributed by atoms with Crippen LogP contribution >= 0.6 is 0 Å². The van der Waals surface area contributed by atoms with Gasteiger partial charge in [0.25, 0.3) is 0 Å². The number of nitrogens with one attached hydrogen (secondary N) is 2. The van der Waals surface area contributed by atoms with Crippen LogP contribution in [0.15, 0.2) is 18.3 Å². The second kappa shape index (κ2) is 5.90. The molecule has 1 unspecified atom stereocenters. The zero-order valence-electron chi connectivity index (χ0n) is 10.9. The Morgan fingerprint density at radius 3 is 2.32 bits per heavy atom. The van der Waals surface area contributed by atoms with E-state index in [2.05, 4.69) is 15.6 Å². The number of anilines is 1. The highest BCUT2D eigenvalue weighted by atomic mass is 19.4. The Kier molecular flexibility index (Phi) is 4.74. The first kappa shape index (κ1) is 15.3. The minimum atomic E-state index is -4.41. The zero-order chi connectivity index (χ0) is 14.6. The maximum atomic E-state index is 12.3. The summed E-state index contributed by atoms with van der Waals surface area (Å²) in [6.07, 6.45) is -3.68. The standard InChI is InChI=1S/C12H16F3N3O/c1-7(2)17-11(19)8(3)18-10-5-4-9(6-16-10)12(13,14)15/h4-8H,1-3H3,(H,16,18)(H,17,19). The van der Waals surface area contributed by atoms with Crippen molar-refractivity contribution in [2.45, 2.75) is 39.0 Å². The number of carbonyl (C=O) groups is 1. The zero-order valence-corrected chi connectivity index (χ0v) is 10.9. The predicted molar refractivity (Wildman–Crippen MR) is 65.6 cm³/mol. The smallest absolute Gasteiger partial charge is 0.359 e. The van der Waals surface area contributed by atoms with Crippen molar-refractivity contribution in [3.63, 3.8) is 0 Å². The van der Waals surface area contributed by atoms with E-state index in [1.165, 1.54) is 6.07 Å². The number of rotatable bonds is 4. The molecule has 19 heavy (non-hydrogen) atoms. The molecule has 2 N–H and O–H groups in total. The molecule has 106 valence electrons. The van der Waals surface area contributed by atoms with Crippen LogP contribution < -0.4 is 10.6 Å². The summed E-state index contributed by atoms with van der Waals surface area (Å²) < 4.78 is 37.0. The summed E-state index contributed by atoms with van der Waals surface area (Å²) in [5.74, 6) is -0.0175. The lowest BCUT2D eigenvalue weighted by atomic mass is 10.2. The molecule has 1 rings (SSSR count). The summed E-state index contributed by atoms with van der Waals surface area (Å²) in [6.45, 7) is 5.25. The monoisotopic (exact) mass is 275 g/mol. The van der Waals surface area contributed by atoms with Gasteiger partial charge in [0.2, 0.25) is 5.91 Å². The summed E-state index contributed by atoms with van der Waals surface area (Å²) in [5, 5.41) is 5.42. The molecule has 0 radical (unpaired) electrons. The first-order valence-corrected chi connectivity index (χ1v) is 5.80. The number of carbonyl (C=O) groups excluding carboxylic acids is 1. The molecule has 1 atom stereocenters. The molecule has 1 amide bonds. The van der Waals surface area contributed by atoms with Crippen molar-refractivity contribution < 1.29 is 18.0 Å². The molecule has 7 heteroatoms. The van der Waals surface area contributed by atoms with Crippen molar-refractivity contribution in [1.29, 1.82) is 0 Å². The molecule has 1 aromatic rings. The number of hydrogen-bond donors (Lipinski definition) is 2. The van der Waals surface area contributed by atoms with E-state index in [4.69, 9.17) is 0 Å². The summed E-state index contributed by atoms with van der Waals surface area (Å²) in [5.41, 5.74) is -0.822. The van der Waals surface area contributed by atoms with Crippen LogP contribution in [-0.4, -0.2) is 23.0 Å². The average Bonchev–Trinajstić information content (AvgIpc) is 2.27. The summed E-state index contributed by atoms with van der Waals surface area (Å²) in [4.78, 5) is 15.2. The van der Waals surface area contributed by atoms with Gasteiger partial charge < -0.3 is 10.6 Å². The van der Waals surface area contributed by atoms with Crippen molar-refractivity contribution in [1.82, 2.24) is 10.3 Å². The fourth-order valence-electron chi connectivity index (χ4n) is 1.34. The van der Waals surface area contributed by atoms with E-state index in [1.54, 1.807) is 6.92 Å². The molecule has 4 nitrogen and oxygen atoms in total. The molecule has 0 aliphatic heterocycles. The SMILES string of the molecule is CC(C)NC(=O)C(C)Nc1ccc(C(F)(F)F)cn1. The molecular formula is C12H16F3N3O. The Balaban J connectivity index is 2.65. The van der Waals surface area contributed by atoms with Gasteiger partial charge in [-0.3, -0.25) is 4.79 Å². The highest BCUT2D eigenvalue weighted by Crippen LogP contribution is 2.28. The molecule has 0 fully saturated rings. The Bertz CT molecular complexity index is 429. The molecule has 1 heterocycles. The van der Waals surface area contributed by atoms with E-state index < -0.39 is 17.8 Å². The Hall–Kier alpha value is -1.79. The molecule has 0 aliphatic rings. The lowest BCUT2D eigenvalue weighted by molar-refractivity contribution is -0.137. The maximum absolute atomic E-state index is 12.3. The highest BCUT2D eigenvalue weighted by molar-refractivity contribution is 5.84. The van der Waals surface area contributed by atoms with Crippen LogP contribution in [0.2, 0.25) is 0 Å². The first-order chi connectivity index (χ1) is 8.70. The average molecular weight is 275 g/mol. The highest BCUT2D eigenvalue weighted by Gasteiger charge is 2.30. The number of pyridine rings is 1. The number of amides is 1. The van der Waals surface area contributed by atoms with E-state index in [0.29, 0.717) is 0 Å². The topological polar surface area (TPSA) is 54.0 Å². The lowest BCUT2D eigenvalue weighted by Gasteiger charge is -2.16. The van der Waals surface area contributed by atoms with Crippen molar-refractivity contribution in [3.05, 3.63) is 23.9 Å². The van der Waals surface area contributed by atoms with Gasteiger partial charge in [-0.05, 0) is 32.9 Å². The van der Waals surface area contributed by atoms with Gasteiger partial charge in [0, 0.05) is 12.2 Å². The largest absolute Gasteiger partial charge is 0.417 e. The van der Waals surface area contributed by atoms with Crippen LogP contribution in [0.3, 0.4) is 0 Å². The van der Waals surface area contributed by atoms with Gasteiger partial charge >= 0.3 is 6.18 Å². The lowest BCUT2D eigenvalue weighted by Crippen LogP contribution is -2.41. The van der Waals surface area contributed by atoms with Crippen LogP contribution in [0.25, 0.3) is 0 Å². The van der Waals surface area contributed by atoms with Crippen molar-refractivity contribution in [3.8, 4) is 0 Å². The summed E-state index contributed by atoms with van der Waals surface area (Å²) >= 11 is 0. The molecule has 0 aliphatic carbocycles. The number of aromatic nitrogens is 1. The maximum Gasteiger partial charge on any atom is 0.417 e. The van der Waals surface area contributed by atoms with Crippen molar-refractivity contribution in [2.75, 3.05) is 5.32 Å². The van der Waals surface area contributed by atoms with Crippen LogP contribution in [-0.2, 0) is 11.0 Å². The molecular weight excluding hydrogens is 259 g/mol. The van der Waals surface area contributed by atoms with Crippen molar-refractivity contribution >= 4 is 11.7 Å². The van der Waals surface area contributed by atoms with Crippen LogP contribution in [0, 0.1) is 0 Å². The summed E-state index contributed by atoms with van der Waals surface area (Å²) in [7, 11) is 0. The normalized spacial score (nSPS) is 13.2. The van der Waals surface area contributed by atoms with Gasteiger partial charge in [0.15, 0.2) is 0 Å². The Labute approximate surface area is 109 Å². The minimum Gasteiger partial charge on any atom is -0.359 e. The van der Waals surface area contributed by atoms with Crippen LogP contribution in [0.4, 0.5) is 19.0 Å². The van der Waals surface area contributed by atoms with Gasteiger partial charge in [0.1, 0.15) is 11.9 Å². The molecule has 0 saturated carbocycles. The van der Waals surface area contributed by atoms with Gasteiger partial charge in [-0.1, -0.05) is 0 Å². The third-order valence-electron chi connectivity index (χ3n) is 2.28. The minimum absolute atomic E-state index is 0.00249. The number of alkyl halides is 3. The van der Waals surface area contributed by atoms with Gasteiger partial charge in [0.05, 0.1) is 5.56 Å². The van der Waals surface area contributed by atoms with E-state index in [0.717, 1.165) is 12.3 Å². The van der Waals surface area contributed by atoms with E-state index >= 15 is 0 Å². The number of hydrogen-bond acceptors (Lipinski definition) is 3. The molecule has 1 aromatic heterocycles. The van der Waals surface area contributed by atoms with Crippen LogP contribution in [0.1, 0.15) is 26.3 Å². The Morgan fingerprint density at radius 1 is 1.26 bits per heavy atom. The third-order valence-corrected chi connectivity index (χ3v) is 2.28. The van der Waals surface area contributed by atoms with E-state index in [1.807, 2.05) is 13.8 Å². The molecule has 0 saturated heterocycles. The van der Waals surface area contributed by atoms with Crippen molar-refractivity contribution in [2.24, 2.45) is 0 Å². The second-order valence-electron chi connectivity index (χ2n) is 4.46. The quantitative estimate of drug-likeness (QED) is 0.887. The fraction of sp³-hybridized carbons (Fsp3) is 0.500. The van der Waals surface area contributed by atoms with Gasteiger partial charge in [-0.15, -0.1) is 0 Å². The van der Waals surface area contributed by atoms with Gasteiger partial charge in [-0.2, -0.15) is 13.2 Å². The van der Waals surface area contributed by atoms with Crippen LogP contribution in [0.5, 0.6) is 0 Å². The molecule has 0 aromatic carbocycles. The number of nitrogens with zero attached hydrogens (tertiary/aromatic N) is 1. The molecule has 0 spiro atoms. The fourth-order valence-corrected chi connectivity index (χ4v) is 1.34. The first-order valence-electron chi connectivity index (χ1n) is 5.80. The van der Waals surface area contributed by atoms with Gasteiger partial charge in [-0.25, -0.2) is 4.98 Å². The number of halogens is 3. The summed E-state index contributed by atoms with van der Waals surface area (Å²) in [6, 6.07) is 1.54. The van der Waals surface area contributed by atoms with E-state index in [-0.39, 0.29) is 17.8 Å². The third kappa shape index (κ3) is 4.76. The predicted octanol–water partition coefficient (Wildman–Crippen LogP) is 2.43.